The Kier molecular flexibility index (Phi) is 7.48. The molecule has 0 radical (unpaired) electrons. The molecule has 34 heavy (non-hydrogen) atoms. The van der Waals surface area contributed by atoms with E-state index in [1.807, 2.05) is 54.6 Å². The molecule has 1 atom stereocenters. The van der Waals surface area contributed by atoms with Crippen molar-refractivity contribution >= 4 is 27.4 Å². The highest BCUT2D eigenvalue weighted by Crippen LogP contribution is 2.25. The third kappa shape index (κ3) is 5.73. The van der Waals surface area contributed by atoms with Gasteiger partial charge in [-0.3, -0.25) is 9.69 Å². The van der Waals surface area contributed by atoms with Gasteiger partial charge in [0.15, 0.2) is 5.78 Å². The second-order valence-corrected chi connectivity index (χ2v) is 11.1. The van der Waals surface area contributed by atoms with E-state index in [1.165, 1.54) is 6.07 Å². The summed E-state index contributed by atoms with van der Waals surface area (Å²) in [4.78, 5) is 14.9. The molecule has 0 aromatic heterocycles. The molecule has 1 saturated heterocycles. The Morgan fingerprint density at radius 2 is 1.79 bits per heavy atom. The largest absolute Gasteiger partial charge is 0.298 e. The summed E-state index contributed by atoms with van der Waals surface area (Å²) >= 11 is 5.92. The number of aryl methyl sites for hydroxylation is 1. The second kappa shape index (κ2) is 10.4. The number of halogens is 2. The molecule has 0 bridgehead atoms. The van der Waals surface area contributed by atoms with Crippen molar-refractivity contribution in [2.24, 2.45) is 0 Å². The Morgan fingerprint density at radius 3 is 2.50 bits per heavy atom. The number of Topliss-reactive ketones (excluding diaryl/α,β-unsaturated/α-hetero) is 1. The van der Waals surface area contributed by atoms with Crippen molar-refractivity contribution in [1.82, 2.24) is 9.62 Å². The molecule has 1 heterocycles. The van der Waals surface area contributed by atoms with E-state index in [4.69, 9.17) is 11.6 Å². The van der Waals surface area contributed by atoms with E-state index in [1.54, 1.807) is 13.0 Å². The third-order valence-corrected chi connectivity index (χ3v) is 8.14. The maximum Gasteiger partial charge on any atom is 0.216 e. The maximum atomic E-state index is 14.7. The topological polar surface area (TPSA) is 66.5 Å². The van der Waals surface area contributed by atoms with Gasteiger partial charge in [0.1, 0.15) is 5.82 Å². The summed E-state index contributed by atoms with van der Waals surface area (Å²) in [5.41, 5.74) is 2.83. The van der Waals surface area contributed by atoms with Crippen LogP contribution < -0.4 is 4.72 Å². The number of nitrogens with one attached hydrogen (secondary N) is 1. The summed E-state index contributed by atoms with van der Waals surface area (Å²) in [5.74, 6) is -1.23. The monoisotopic (exact) mass is 500 g/mol. The number of hydrogen-bond acceptors (Lipinski definition) is 4. The number of ketones is 1. The molecular weight excluding hydrogens is 475 g/mol. The van der Waals surface area contributed by atoms with Crippen LogP contribution in [0.2, 0.25) is 5.02 Å². The molecule has 0 saturated carbocycles. The van der Waals surface area contributed by atoms with Gasteiger partial charge in [0.2, 0.25) is 10.0 Å². The highest BCUT2D eigenvalue weighted by atomic mass is 35.5. The van der Waals surface area contributed by atoms with Crippen molar-refractivity contribution in [1.29, 1.82) is 0 Å². The Balaban J connectivity index is 1.40. The van der Waals surface area contributed by atoms with Crippen LogP contribution in [0.25, 0.3) is 11.1 Å². The Morgan fingerprint density at radius 1 is 1.09 bits per heavy atom. The van der Waals surface area contributed by atoms with Crippen LogP contribution >= 0.6 is 11.6 Å². The number of likely N-dealkylation sites (tertiary alicyclic amines) is 1. The predicted octanol–water partition coefficient (Wildman–Crippen LogP) is 4.83. The van der Waals surface area contributed by atoms with Gasteiger partial charge >= 0.3 is 0 Å². The third-order valence-electron chi connectivity index (χ3n) is 6.08. The number of nitrogens with zero attached hydrogens (tertiary/aromatic N) is 1. The first-order valence-corrected chi connectivity index (χ1v) is 13.0. The smallest absolute Gasteiger partial charge is 0.216 e. The molecule has 5 nitrogen and oxygen atoms in total. The molecule has 1 aliphatic rings. The number of sulfonamides is 1. The number of benzene rings is 3. The van der Waals surface area contributed by atoms with Crippen LogP contribution in [-0.2, 0) is 16.6 Å². The van der Waals surface area contributed by atoms with Crippen LogP contribution in [0.15, 0.2) is 66.7 Å². The average molecular weight is 501 g/mol. The quantitative estimate of drug-likeness (QED) is 0.450. The van der Waals surface area contributed by atoms with E-state index >= 15 is 0 Å². The van der Waals surface area contributed by atoms with Crippen molar-refractivity contribution in [3.8, 4) is 11.1 Å². The van der Waals surface area contributed by atoms with Gasteiger partial charge in [-0.15, -0.1) is 0 Å². The van der Waals surface area contributed by atoms with Gasteiger partial charge in [-0.25, -0.2) is 17.5 Å². The number of carbonyl (C=O) groups excluding carboxylic acids is 1. The predicted molar refractivity (Wildman–Crippen MR) is 133 cm³/mol. The zero-order chi connectivity index (χ0) is 24.3. The van der Waals surface area contributed by atoms with Crippen LogP contribution in [0.1, 0.15) is 27.9 Å². The van der Waals surface area contributed by atoms with Crippen molar-refractivity contribution in [2.45, 2.75) is 25.1 Å². The van der Waals surface area contributed by atoms with Crippen molar-refractivity contribution < 1.29 is 17.6 Å². The van der Waals surface area contributed by atoms with Gasteiger partial charge < -0.3 is 0 Å². The first-order valence-electron chi connectivity index (χ1n) is 11.1. The van der Waals surface area contributed by atoms with Crippen molar-refractivity contribution in [2.75, 3.05) is 19.6 Å². The van der Waals surface area contributed by atoms with Crippen molar-refractivity contribution in [3.05, 3.63) is 94.3 Å². The fourth-order valence-corrected chi connectivity index (χ4v) is 5.71. The molecule has 1 N–H and O–H groups in total. The Bertz CT molecular complexity index is 1280. The normalized spacial score (nSPS) is 16.6. The summed E-state index contributed by atoms with van der Waals surface area (Å²) in [5, 5.41) is 0.0234. The van der Waals surface area contributed by atoms with Gasteiger partial charge in [0, 0.05) is 18.1 Å². The van der Waals surface area contributed by atoms with Gasteiger partial charge in [0.25, 0.3) is 0 Å². The molecule has 3 aromatic rings. The molecule has 1 aliphatic heterocycles. The first-order chi connectivity index (χ1) is 16.2. The van der Waals surface area contributed by atoms with Gasteiger partial charge in [-0.2, -0.15) is 0 Å². The highest BCUT2D eigenvalue weighted by molar-refractivity contribution is 7.90. The highest BCUT2D eigenvalue weighted by Gasteiger charge is 2.33. The van der Waals surface area contributed by atoms with E-state index in [0.29, 0.717) is 42.2 Å². The zero-order valence-electron chi connectivity index (χ0n) is 18.8. The van der Waals surface area contributed by atoms with Crippen LogP contribution in [0, 0.1) is 12.7 Å². The summed E-state index contributed by atoms with van der Waals surface area (Å²) in [6.07, 6.45) is 0.466. The van der Waals surface area contributed by atoms with Gasteiger partial charge in [-0.05, 0) is 66.4 Å². The van der Waals surface area contributed by atoms with E-state index in [9.17, 15) is 17.6 Å². The standard InChI is InChI=1S/C26H26ClFN2O3S/c1-18-13-21(20-5-3-2-4-6-20)14-24(26(18)28)25(31)15-29-34(32,33)23-11-12-30(17-23)16-19-7-9-22(27)10-8-19/h2-10,13-14,23,29H,11-12,15-17H2,1H3. The lowest BCUT2D eigenvalue weighted by atomic mass is 9.98. The molecular formula is C26H26ClFN2O3S. The van der Waals surface area contributed by atoms with E-state index < -0.39 is 33.4 Å². The maximum absolute atomic E-state index is 14.7. The SMILES string of the molecule is Cc1cc(-c2ccccc2)cc(C(=O)CNS(=O)(=O)C2CCN(Cc3ccc(Cl)cc3)C2)c1F. The Hall–Kier alpha value is -2.58. The number of carbonyl (C=O) groups is 1. The lowest BCUT2D eigenvalue weighted by Crippen LogP contribution is -2.39. The minimum atomic E-state index is -3.74. The Labute approximate surface area is 204 Å². The van der Waals surface area contributed by atoms with Crippen LogP contribution in [-0.4, -0.2) is 44.0 Å². The van der Waals surface area contributed by atoms with E-state index in [2.05, 4.69) is 9.62 Å². The van der Waals surface area contributed by atoms with Gasteiger partial charge in [-0.1, -0.05) is 54.1 Å². The fraction of sp³-hybridized carbons (Fsp3) is 0.269. The van der Waals surface area contributed by atoms with E-state index in [0.717, 1.165) is 11.1 Å². The molecule has 8 heteroatoms. The van der Waals surface area contributed by atoms with Crippen LogP contribution in [0.5, 0.6) is 0 Å². The lowest BCUT2D eigenvalue weighted by Gasteiger charge is -2.17. The summed E-state index contributed by atoms with van der Waals surface area (Å²) in [6.45, 7) is 2.73. The number of rotatable bonds is 8. The minimum Gasteiger partial charge on any atom is -0.298 e. The van der Waals surface area contributed by atoms with Gasteiger partial charge in [0.05, 0.1) is 17.4 Å². The van der Waals surface area contributed by atoms with Crippen LogP contribution in [0.3, 0.4) is 0 Å². The number of hydrogen-bond donors (Lipinski definition) is 1. The summed E-state index contributed by atoms with van der Waals surface area (Å²) < 4.78 is 42.8. The molecule has 0 spiro atoms. The molecule has 0 aliphatic carbocycles. The molecule has 1 fully saturated rings. The molecule has 0 amide bonds. The first kappa shape index (κ1) is 24.5. The van der Waals surface area contributed by atoms with E-state index in [-0.39, 0.29) is 5.56 Å². The molecule has 178 valence electrons. The average Bonchev–Trinajstić information content (AvgIpc) is 3.31. The van der Waals surface area contributed by atoms with Crippen molar-refractivity contribution in [3.63, 3.8) is 0 Å². The lowest BCUT2D eigenvalue weighted by molar-refractivity contribution is 0.0993. The zero-order valence-corrected chi connectivity index (χ0v) is 20.4. The fourth-order valence-electron chi connectivity index (χ4n) is 4.19. The molecule has 3 aromatic carbocycles. The second-order valence-electron chi connectivity index (χ2n) is 8.58. The van der Waals surface area contributed by atoms with Crippen LogP contribution in [0.4, 0.5) is 4.39 Å². The summed E-state index contributed by atoms with van der Waals surface area (Å²) in [7, 11) is -3.74. The molecule has 1 unspecified atom stereocenters. The minimum absolute atomic E-state index is 0.114. The summed E-state index contributed by atoms with van der Waals surface area (Å²) in [6, 6.07) is 20.0. The molecule has 4 rings (SSSR count).